The van der Waals surface area contributed by atoms with E-state index in [0.717, 1.165) is 0 Å². The summed E-state index contributed by atoms with van der Waals surface area (Å²) in [6.07, 6.45) is 0. The van der Waals surface area contributed by atoms with Gasteiger partial charge in [0, 0.05) is 24.8 Å². The third-order valence-corrected chi connectivity index (χ3v) is 2.00. The first kappa shape index (κ1) is 12.2. The van der Waals surface area contributed by atoms with Gasteiger partial charge in [0.05, 0.1) is 6.61 Å². The number of primary amides is 1. The standard InChI is InChI=1S/C11H14N2O3/c1-16-6-5-13-11(15)9-4-2-3-8(7-9)10(12)14/h2-4,7H,5-6H2,1H3,(H2,12,14)(H,13,15). The van der Waals surface area contributed by atoms with Crippen molar-refractivity contribution < 1.29 is 14.3 Å². The van der Waals surface area contributed by atoms with E-state index in [9.17, 15) is 9.59 Å². The lowest BCUT2D eigenvalue weighted by Gasteiger charge is -2.05. The highest BCUT2D eigenvalue weighted by atomic mass is 16.5. The zero-order chi connectivity index (χ0) is 12.0. The highest BCUT2D eigenvalue weighted by molar-refractivity contribution is 5.99. The van der Waals surface area contributed by atoms with Gasteiger partial charge in [-0.05, 0) is 18.2 Å². The lowest BCUT2D eigenvalue weighted by Crippen LogP contribution is -2.27. The summed E-state index contributed by atoms with van der Waals surface area (Å²) < 4.78 is 4.80. The molecule has 0 aromatic heterocycles. The summed E-state index contributed by atoms with van der Waals surface area (Å²) in [6, 6.07) is 6.26. The van der Waals surface area contributed by atoms with Crippen LogP contribution in [0.25, 0.3) is 0 Å². The Balaban J connectivity index is 2.68. The molecule has 0 bridgehead atoms. The molecule has 0 aliphatic rings. The molecule has 0 heterocycles. The molecule has 0 saturated heterocycles. The van der Waals surface area contributed by atoms with E-state index in [0.29, 0.717) is 24.3 Å². The van der Waals surface area contributed by atoms with Crippen molar-refractivity contribution in [1.82, 2.24) is 5.32 Å². The van der Waals surface area contributed by atoms with Crippen LogP contribution in [0.1, 0.15) is 20.7 Å². The van der Waals surface area contributed by atoms with Crippen molar-refractivity contribution in [2.24, 2.45) is 5.73 Å². The normalized spacial score (nSPS) is 9.81. The van der Waals surface area contributed by atoms with Crippen LogP contribution in [0.4, 0.5) is 0 Å². The molecule has 0 atom stereocenters. The van der Waals surface area contributed by atoms with Crippen LogP contribution < -0.4 is 11.1 Å². The Labute approximate surface area is 93.6 Å². The zero-order valence-corrected chi connectivity index (χ0v) is 9.03. The predicted molar refractivity (Wildman–Crippen MR) is 59.2 cm³/mol. The number of benzene rings is 1. The van der Waals surface area contributed by atoms with E-state index < -0.39 is 5.91 Å². The Kier molecular flexibility index (Phi) is 4.47. The van der Waals surface area contributed by atoms with Crippen LogP contribution in [0.15, 0.2) is 24.3 Å². The molecule has 0 radical (unpaired) electrons. The maximum atomic E-state index is 11.6. The largest absolute Gasteiger partial charge is 0.383 e. The minimum absolute atomic E-state index is 0.250. The summed E-state index contributed by atoms with van der Waals surface area (Å²) in [7, 11) is 1.56. The van der Waals surface area contributed by atoms with E-state index in [2.05, 4.69) is 5.32 Å². The maximum absolute atomic E-state index is 11.6. The van der Waals surface area contributed by atoms with E-state index in [4.69, 9.17) is 10.5 Å². The summed E-state index contributed by atoms with van der Waals surface area (Å²) in [5.74, 6) is -0.799. The quantitative estimate of drug-likeness (QED) is 0.696. The number of carbonyl (C=O) groups excluding carboxylic acids is 2. The van der Waals surface area contributed by atoms with Crippen molar-refractivity contribution in [2.45, 2.75) is 0 Å². The molecule has 16 heavy (non-hydrogen) atoms. The first-order valence-electron chi connectivity index (χ1n) is 4.82. The minimum Gasteiger partial charge on any atom is -0.383 e. The number of carbonyl (C=O) groups is 2. The molecule has 5 nitrogen and oxygen atoms in total. The van der Waals surface area contributed by atoms with Crippen LogP contribution in [0.3, 0.4) is 0 Å². The van der Waals surface area contributed by atoms with Gasteiger partial charge in [-0.3, -0.25) is 9.59 Å². The van der Waals surface area contributed by atoms with Crippen molar-refractivity contribution in [3.8, 4) is 0 Å². The summed E-state index contributed by atoms with van der Waals surface area (Å²) in [4.78, 5) is 22.5. The molecule has 0 fully saturated rings. The van der Waals surface area contributed by atoms with Gasteiger partial charge in [-0.1, -0.05) is 6.07 Å². The Morgan fingerprint density at radius 1 is 1.38 bits per heavy atom. The van der Waals surface area contributed by atoms with E-state index in [1.54, 1.807) is 25.3 Å². The van der Waals surface area contributed by atoms with Gasteiger partial charge in [0.1, 0.15) is 0 Å². The fourth-order valence-corrected chi connectivity index (χ4v) is 1.18. The number of nitrogens with two attached hydrogens (primary N) is 1. The number of amides is 2. The molecule has 0 spiro atoms. The summed E-state index contributed by atoms with van der Waals surface area (Å²) in [5, 5.41) is 2.65. The molecule has 3 N–H and O–H groups in total. The van der Waals surface area contributed by atoms with Gasteiger partial charge < -0.3 is 15.8 Å². The number of hydrogen-bond donors (Lipinski definition) is 2. The van der Waals surface area contributed by atoms with Gasteiger partial charge in [0.25, 0.3) is 5.91 Å². The fraction of sp³-hybridized carbons (Fsp3) is 0.273. The van der Waals surface area contributed by atoms with E-state index >= 15 is 0 Å². The smallest absolute Gasteiger partial charge is 0.251 e. The predicted octanol–water partition coefficient (Wildman–Crippen LogP) is 0.162. The number of nitrogens with one attached hydrogen (secondary N) is 1. The fourth-order valence-electron chi connectivity index (χ4n) is 1.18. The summed E-state index contributed by atoms with van der Waals surface area (Å²) in [5.41, 5.74) is 5.84. The Morgan fingerprint density at radius 2 is 2.06 bits per heavy atom. The lowest BCUT2D eigenvalue weighted by molar-refractivity contribution is 0.0937. The molecule has 1 aromatic carbocycles. The summed E-state index contributed by atoms with van der Waals surface area (Å²) >= 11 is 0. The average Bonchev–Trinajstić information content (AvgIpc) is 2.29. The molecule has 0 unspecified atom stereocenters. The first-order chi connectivity index (χ1) is 7.65. The van der Waals surface area contributed by atoms with Crippen molar-refractivity contribution in [1.29, 1.82) is 0 Å². The maximum Gasteiger partial charge on any atom is 0.251 e. The molecule has 0 aliphatic carbocycles. The average molecular weight is 222 g/mol. The highest BCUT2D eigenvalue weighted by Gasteiger charge is 2.07. The topological polar surface area (TPSA) is 81.4 Å². The number of rotatable bonds is 5. The van der Waals surface area contributed by atoms with Gasteiger partial charge in [-0.25, -0.2) is 0 Å². The van der Waals surface area contributed by atoms with Crippen molar-refractivity contribution in [2.75, 3.05) is 20.3 Å². The van der Waals surface area contributed by atoms with E-state index in [-0.39, 0.29) is 5.91 Å². The second-order valence-electron chi connectivity index (χ2n) is 3.19. The van der Waals surface area contributed by atoms with Crippen LogP contribution in [0.2, 0.25) is 0 Å². The first-order valence-corrected chi connectivity index (χ1v) is 4.82. The molecule has 5 heteroatoms. The minimum atomic E-state index is -0.549. The third-order valence-electron chi connectivity index (χ3n) is 2.00. The van der Waals surface area contributed by atoms with Crippen LogP contribution in [-0.2, 0) is 4.74 Å². The lowest BCUT2D eigenvalue weighted by atomic mass is 10.1. The molecule has 1 rings (SSSR count). The Morgan fingerprint density at radius 3 is 2.69 bits per heavy atom. The van der Waals surface area contributed by atoms with Gasteiger partial charge in [-0.15, -0.1) is 0 Å². The van der Waals surface area contributed by atoms with Crippen LogP contribution in [0.5, 0.6) is 0 Å². The number of ether oxygens (including phenoxy) is 1. The monoisotopic (exact) mass is 222 g/mol. The van der Waals surface area contributed by atoms with Crippen molar-refractivity contribution in [3.63, 3.8) is 0 Å². The van der Waals surface area contributed by atoms with Gasteiger partial charge >= 0.3 is 0 Å². The van der Waals surface area contributed by atoms with Gasteiger partial charge in [0.2, 0.25) is 5.91 Å². The van der Waals surface area contributed by atoms with Crippen LogP contribution in [-0.4, -0.2) is 32.1 Å². The molecular weight excluding hydrogens is 208 g/mol. The molecule has 0 saturated carbocycles. The Hall–Kier alpha value is -1.88. The summed E-state index contributed by atoms with van der Waals surface area (Å²) in [6.45, 7) is 0.872. The second-order valence-corrected chi connectivity index (χ2v) is 3.19. The van der Waals surface area contributed by atoms with Gasteiger partial charge in [0.15, 0.2) is 0 Å². The zero-order valence-electron chi connectivity index (χ0n) is 9.03. The van der Waals surface area contributed by atoms with Crippen molar-refractivity contribution >= 4 is 11.8 Å². The van der Waals surface area contributed by atoms with Gasteiger partial charge in [-0.2, -0.15) is 0 Å². The molecule has 2 amide bonds. The third kappa shape index (κ3) is 3.36. The van der Waals surface area contributed by atoms with Crippen LogP contribution in [0, 0.1) is 0 Å². The van der Waals surface area contributed by atoms with Crippen molar-refractivity contribution in [3.05, 3.63) is 35.4 Å². The number of hydrogen-bond acceptors (Lipinski definition) is 3. The molecule has 86 valence electrons. The second kappa shape index (κ2) is 5.87. The molecule has 1 aromatic rings. The van der Waals surface area contributed by atoms with E-state index in [1.165, 1.54) is 6.07 Å². The highest BCUT2D eigenvalue weighted by Crippen LogP contribution is 2.04. The molecular formula is C11H14N2O3. The van der Waals surface area contributed by atoms with E-state index in [1.807, 2.05) is 0 Å². The SMILES string of the molecule is COCCNC(=O)c1cccc(C(N)=O)c1. The Bertz CT molecular complexity index is 391. The number of methoxy groups -OCH3 is 1. The van der Waals surface area contributed by atoms with Crippen LogP contribution >= 0.6 is 0 Å². The molecule has 0 aliphatic heterocycles.